The van der Waals surface area contributed by atoms with E-state index in [-0.39, 0.29) is 11.8 Å². The molecule has 0 saturated heterocycles. The van der Waals surface area contributed by atoms with E-state index in [4.69, 9.17) is 0 Å². The van der Waals surface area contributed by atoms with Crippen LogP contribution in [0.25, 0.3) is 0 Å². The lowest BCUT2D eigenvalue weighted by molar-refractivity contribution is -0.125. The van der Waals surface area contributed by atoms with Gasteiger partial charge in [0.1, 0.15) is 0 Å². The van der Waals surface area contributed by atoms with Crippen LogP contribution < -0.4 is 10.6 Å². The number of thioether (sulfide) groups is 1. The van der Waals surface area contributed by atoms with Crippen molar-refractivity contribution in [3.05, 3.63) is 0 Å². The van der Waals surface area contributed by atoms with Crippen molar-refractivity contribution in [1.82, 2.24) is 10.6 Å². The molecule has 0 heterocycles. The van der Waals surface area contributed by atoms with Gasteiger partial charge in [0.05, 0.1) is 0 Å². The minimum absolute atomic E-state index is 0.0643. The number of carbonyl (C=O) groups excluding carboxylic acids is 1. The lowest BCUT2D eigenvalue weighted by Crippen LogP contribution is -2.46. The Morgan fingerprint density at radius 3 is 2.75 bits per heavy atom. The predicted octanol–water partition coefficient (Wildman–Crippen LogP) is 1.63. The van der Waals surface area contributed by atoms with Crippen LogP contribution in [0.15, 0.2) is 0 Å². The molecule has 1 rings (SSSR count). The highest BCUT2D eigenvalue weighted by molar-refractivity contribution is 7.99. The van der Waals surface area contributed by atoms with E-state index in [1.54, 1.807) is 0 Å². The van der Waals surface area contributed by atoms with E-state index in [1.165, 1.54) is 19.3 Å². The van der Waals surface area contributed by atoms with Gasteiger partial charge in [0.15, 0.2) is 0 Å². The number of hydrogen-bond acceptors (Lipinski definition) is 3. The molecule has 0 bridgehead atoms. The average Bonchev–Trinajstić information content (AvgIpc) is 2.30. The summed E-state index contributed by atoms with van der Waals surface area (Å²) >= 11 is 1.89. The third kappa shape index (κ3) is 3.98. The SMILES string of the molecule is CNCC(C)C(=O)NC1CCCCC1SC. The van der Waals surface area contributed by atoms with Crippen molar-refractivity contribution in [2.75, 3.05) is 19.8 Å². The molecule has 3 atom stereocenters. The first kappa shape index (κ1) is 13.8. The highest BCUT2D eigenvalue weighted by Gasteiger charge is 2.26. The van der Waals surface area contributed by atoms with Crippen LogP contribution in [-0.4, -0.2) is 37.0 Å². The molecule has 3 unspecified atom stereocenters. The van der Waals surface area contributed by atoms with E-state index in [9.17, 15) is 4.79 Å². The Hall–Kier alpha value is -0.220. The van der Waals surface area contributed by atoms with Crippen LogP contribution in [0.3, 0.4) is 0 Å². The monoisotopic (exact) mass is 244 g/mol. The van der Waals surface area contributed by atoms with Crippen LogP contribution in [0, 0.1) is 5.92 Å². The normalized spacial score (nSPS) is 27.4. The second-order valence-corrected chi connectivity index (χ2v) is 5.71. The molecular weight excluding hydrogens is 220 g/mol. The molecule has 0 aromatic heterocycles. The van der Waals surface area contributed by atoms with Crippen molar-refractivity contribution in [1.29, 1.82) is 0 Å². The summed E-state index contributed by atoms with van der Waals surface area (Å²) in [5, 5.41) is 6.86. The first-order valence-electron chi connectivity index (χ1n) is 6.16. The van der Waals surface area contributed by atoms with Gasteiger partial charge in [-0.25, -0.2) is 0 Å². The van der Waals surface area contributed by atoms with E-state index in [0.29, 0.717) is 11.3 Å². The van der Waals surface area contributed by atoms with Crippen molar-refractivity contribution >= 4 is 17.7 Å². The molecule has 94 valence electrons. The van der Waals surface area contributed by atoms with E-state index in [2.05, 4.69) is 16.9 Å². The third-order valence-corrected chi connectivity index (χ3v) is 4.46. The minimum atomic E-state index is 0.0643. The molecule has 3 nitrogen and oxygen atoms in total. The molecular formula is C12H24N2OS. The Kier molecular flexibility index (Phi) is 6.21. The second-order valence-electron chi connectivity index (χ2n) is 4.63. The number of hydrogen-bond donors (Lipinski definition) is 2. The van der Waals surface area contributed by atoms with Gasteiger partial charge in [-0.2, -0.15) is 11.8 Å². The van der Waals surface area contributed by atoms with Crippen molar-refractivity contribution in [3.63, 3.8) is 0 Å². The summed E-state index contributed by atoms with van der Waals surface area (Å²) < 4.78 is 0. The standard InChI is InChI=1S/C12H24N2OS/c1-9(8-13-2)12(15)14-10-6-4-5-7-11(10)16-3/h9-11,13H,4-8H2,1-3H3,(H,14,15). The molecule has 2 N–H and O–H groups in total. The van der Waals surface area contributed by atoms with Crippen molar-refractivity contribution in [2.24, 2.45) is 5.92 Å². The summed E-state index contributed by atoms with van der Waals surface area (Å²) in [7, 11) is 1.88. The quantitative estimate of drug-likeness (QED) is 0.772. The van der Waals surface area contributed by atoms with E-state index in [1.807, 2.05) is 25.7 Å². The van der Waals surface area contributed by atoms with Gasteiger partial charge >= 0.3 is 0 Å². The molecule has 0 aliphatic heterocycles. The van der Waals surface area contributed by atoms with Crippen LogP contribution in [0.5, 0.6) is 0 Å². The maximum atomic E-state index is 11.9. The predicted molar refractivity (Wildman–Crippen MR) is 70.8 cm³/mol. The van der Waals surface area contributed by atoms with Gasteiger partial charge in [-0.3, -0.25) is 4.79 Å². The van der Waals surface area contributed by atoms with Gasteiger partial charge in [0.2, 0.25) is 5.91 Å². The zero-order valence-corrected chi connectivity index (χ0v) is 11.4. The average molecular weight is 244 g/mol. The zero-order valence-electron chi connectivity index (χ0n) is 10.6. The summed E-state index contributed by atoms with van der Waals surface area (Å²) in [6.07, 6.45) is 7.09. The Labute approximate surface area is 103 Å². The Morgan fingerprint density at radius 1 is 1.44 bits per heavy atom. The number of nitrogens with one attached hydrogen (secondary N) is 2. The molecule has 1 aliphatic carbocycles. The largest absolute Gasteiger partial charge is 0.352 e. The van der Waals surface area contributed by atoms with Gasteiger partial charge in [-0.1, -0.05) is 19.8 Å². The van der Waals surface area contributed by atoms with E-state index >= 15 is 0 Å². The lowest BCUT2D eigenvalue weighted by Gasteiger charge is -2.31. The molecule has 16 heavy (non-hydrogen) atoms. The topological polar surface area (TPSA) is 41.1 Å². The van der Waals surface area contributed by atoms with Crippen molar-refractivity contribution in [3.8, 4) is 0 Å². The van der Waals surface area contributed by atoms with Crippen molar-refractivity contribution in [2.45, 2.75) is 43.9 Å². The zero-order chi connectivity index (χ0) is 12.0. The van der Waals surface area contributed by atoms with Gasteiger partial charge in [-0.05, 0) is 26.1 Å². The van der Waals surface area contributed by atoms with Crippen LogP contribution in [0.1, 0.15) is 32.6 Å². The summed E-state index contributed by atoms with van der Waals surface area (Å²) in [6.45, 7) is 2.73. The molecule has 0 radical (unpaired) electrons. The molecule has 0 aromatic rings. The molecule has 0 spiro atoms. The Bertz CT molecular complexity index is 223. The fraction of sp³-hybridized carbons (Fsp3) is 0.917. The minimum Gasteiger partial charge on any atom is -0.352 e. The Balaban J connectivity index is 2.41. The first-order chi connectivity index (χ1) is 7.69. The summed E-state index contributed by atoms with van der Waals surface area (Å²) in [5.74, 6) is 0.259. The number of rotatable bonds is 5. The van der Waals surface area contributed by atoms with Crippen LogP contribution in [-0.2, 0) is 4.79 Å². The number of amides is 1. The van der Waals surface area contributed by atoms with Gasteiger partial charge in [0, 0.05) is 23.8 Å². The summed E-state index contributed by atoms with van der Waals surface area (Å²) in [6, 6.07) is 0.385. The molecule has 4 heteroatoms. The highest BCUT2D eigenvalue weighted by atomic mass is 32.2. The molecule has 1 fully saturated rings. The van der Waals surface area contributed by atoms with Gasteiger partial charge in [0.25, 0.3) is 0 Å². The maximum Gasteiger partial charge on any atom is 0.224 e. The van der Waals surface area contributed by atoms with Crippen LogP contribution in [0.4, 0.5) is 0 Å². The van der Waals surface area contributed by atoms with Gasteiger partial charge < -0.3 is 10.6 Å². The molecule has 1 amide bonds. The first-order valence-corrected chi connectivity index (χ1v) is 7.45. The molecule has 1 saturated carbocycles. The van der Waals surface area contributed by atoms with Gasteiger partial charge in [-0.15, -0.1) is 0 Å². The lowest BCUT2D eigenvalue weighted by atomic mass is 9.94. The summed E-state index contributed by atoms with van der Waals surface area (Å²) in [4.78, 5) is 11.9. The molecule has 0 aromatic carbocycles. The van der Waals surface area contributed by atoms with Crippen molar-refractivity contribution < 1.29 is 4.79 Å². The summed E-state index contributed by atoms with van der Waals surface area (Å²) in [5.41, 5.74) is 0. The third-order valence-electron chi connectivity index (χ3n) is 3.29. The second kappa shape index (κ2) is 7.17. The fourth-order valence-corrected chi connectivity index (χ4v) is 3.20. The van der Waals surface area contributed by atoms with Crippen LogP contribution in [0.2, 0.25) is 0 Å². The fourth-order valence-electron chi connectivity index (χ4n) is 2.27. The highest BCUT2D eigenvalue weighted by Crippen LogP contribution is 2.27. The smallest absolute Gasteiger partial charge is 0.224 e. The van der Waals surface area contributed by atoms with E-state index in [0.717, 1.165) is 13.0 Å². The van der Waals surface area contributed by atoms with E-state index < -0.39 is 0 Å². The Morgan fingerprint density at radius 2 is 2.12 bits per heavy atom. The maximum absolute atomic E-state index is 11.9. The van der Waals surface area contributed by atoms with Crippen LogP contribution >= 0.6 is 11.8 Å². The molecule has 1 aliphatic rings. The number of carbonyl (C=O) groups is 1.